The molecule has 0 bridgehead atoms. The van der Waals surface area contributed by atoms with Gasteiger partial charge in [-0.3, -0.25) is 0 Å². The van der Waals surface area contributed by atoms with Gasteiger partial charge in [-0.1, -0.05) is 6.92 Å². The number of thioether (sulfide) groups is 1. The van der Waals surface area contributed by atoms with Crippen LogP contribution in [0.4, 0.5) is 11.9 Å². The monoisotopic (exact) mass is 313 g/mol. The Labute approximate surface area is 129 Å². The standard InChI is InChI=1S/C13H20ClN5S/c1-10-9-19(7-8-20-10)13-16-11(14)15-12(17-13)18-5-3-2-4-6-18/h10H,2-9H2,1H3. The first-order valence-electron chi connectivity index (χ1n) is 7.25. The maximum absolute atomic E-state index is 6.10. The van der Waals surface area contributed by atoms with E-state index in [0.29, 0.717) is 10.5 Å². The average Bonchev–Trinajstić information content (AvgIpc) is 2.47. The molecule has 5 nitrogen and oxygen atoms in total. The molecule has 3 heterocycles. The number of hydrogen-bond donors (Lipinski definition) is 0. The Morgan fingerprint density at radius 2 is 1.70 bits per heavy atom. The van der Waals surface area contributed by atoms with Gasteiger partial charge in [0.2, 0.25) is 17.2 Å². The summed E-state index contributed by atoms with van der Waals surface area (Å²) in [6, 6.07) is 0. The first kappa shape index (κ1) is 14.2. The molecule has 1 aromatic rings. The van der Waals surface area contributed by atoms with E-state index >= 15 is 0 Å². The molecular formula is C13H20ClN5S. The van der Waals surface area contributed by atoms with E-state index in [1.165, 1.54) is 19.3 Å². The van der Waals surface area contributed by atoms with Crippen molar-refractivity contribution in [2.45, 2.75) is 31.4 Å². The lowest BCUT2D eigenvalue weighted by Crippen LogP contribution is -2.38. The summed E-state index contributed by atoms with van der Waals surface area (Å²) in [5, 5.41) is 0.916. The first-order chi connectivity index (χ1) is 9.72. The topological polar surface area (TPSA) is 45.2 Å². The highest BCUT2D eigenvalue weighted by Gasteiger charge is 2.22. The van der Waals surface area contributed by atoms with Crippen LogP contribution in [0.15, 0.2) is 0 Å². The lowest BCUT2D eigenvalue weighted by molar-refractivity contribution is 0.566. The molecule has 2 saturated heterocycles. The third kappa shape index (κ3) is 3.28. The van der Waals surface area contributed by atoms with E-state index in [-0.39, 0.29) is 0 Å². The number of anilines is 2. The Bertz CT molecular complexity index is 466. The summed E-state index contributed by atoms with van der Waals surface area (Å²) in [6.07, 6.45) is 3.70. The third-order valence-corrected chi connectivity index (χ3v) is 5.05. The van der Waals surface area contributed by atoms with Gasteiger partial charge in [0.05, 0.1) is 0 Å². The van der Waals surface area contributed by atoms with Crippen LogP contribution < -0.4 is 9.80 Å². The molecule has 110 valence electrons. The lowest BCUT2D eigenvalue weighted by atomic mass is 10.1. The molecule has 0 aromatic carbocycles. The van der Waals surface area contributed by atoms with Gasteiger partial charge in [-0.2, -0.15) is 26.7 Å². The Morgan fingerprint density at radius 3 is 2.40 bits per heavy atom. The molecule has 0 saturated carbocycles. The molecule has 7 heteroatoms. The van der Waals surface area contributed by atoms with Gasteiger partial charge in [-0.25, -0.2) is 0 Å². The molecule has 0 N–H and O–H groups in total. The molecule has 2 fully saturated rings. The van der Waals surface area contributed by atoms with E-state index in [0.717, 1.165) is 43.8 Å². The minimum Gasteiger partial charge on any atom is -0.341 e. The van der Waals surface area contributed by atoms with Crippen LogP contribution in [0.25, 0.3) is 0 Å². The van der Waals surface area contributed by atoms with Crippen molar-refractivity contribution in [1.82, 2.24) is 15.0 Å². The largest absolute Gasteiger partial charge is 0.341 e. The summed E-state index contributed by atoms with van der Waals surface area (Å²) in [7, 11) is 0. The second-order valence-electron chi connectivity index (χ2n) is 5.38. The third-order valence-electron chi connectivity index (χ3n) is 3.75. The fraction of sp³-hybridized carbons (Fsp3) is 0.769. The predicted octanol–water partition coefficient (Wildman–Crippen LogP) is 2.46. The Morgan fingerprint density at radius 1 is 1.00 bits per heavy atom. The zero-order chi connectivity index (χ0) is 13.9. The number of nitrogens with zero attached hydrogens (tertiary/aromatic N) is 5. The van der Waals surface area contributed by atoms with Gasteiger partial charge in [0, 0.05) is 37.2 Å². The zero-order valence-electron chi connectivity index (χ0n) is 11.8. The van der Waals surface area contributed by atoms with Gasteiger partial charge in [-0.15, -0.1) is 0 Å². The maximum Gasteiger partial charge on any atom is 0.231 e. The van der Waals surface area contributed by atoms with E-state index in [1.54, 1.807) is 0 Å². The van der Waals surface area contributed by atoms with Gasteiger partial charge in [0.15, 0.2) is 0 Å². The summed E-state index contributed by atoms with van der Waals surface area (Å²) < 4.78 is 0. The van der Waals surface area contributed by atoms with Crippen molar-refractivity contribution in [3.8, 4) is 0 Å². The molecule has 0 radical (unpaired) electrons. The van der Waals surface area contributed by atoms with Crippen molar-refractivity contribution in [1.29, 1.82) is 0 Å². The summed E-state index contributed by atoms with van der Waals surface area (Å²) >= 11 is 8.10. The van der Waals surface area contributed by atoms with E-state index in [4.69, 9.17) is 11.6 Å². The Balaban J connectivity index is 1.82. The van der Waals surface area contributed by atoms with Crippen molar-refractivity contribution in [2.24, 2.45) is 0 Å². The SMILES string of the molecule is CC1CN(c2nc(Cl)nc(N3CCCCC3)n2)CCS1. The molecule has 1 atom stereocenters. The molecule has 0 amide bonds. The molecule has 1 unspecified atom stereocenters. The normalized spacial score (nSPS) is 24.0. The van der Waals surface area contributed by atoms with Crippen LogP contribution >= 0.6 is 23.4 Å². The summed E-state index contributed by atoms with van der Waals surface area (Å²) in [5.41, 5.74) is 0. The Kier molecular flexibility index (Phi) is 4.51. The fourth-order valence-electron chi connectivity index (χ4n) is 2.71. The molecule has 20 heavy (non-hydrogen) atoms. The molecule has 0 aliphatic carbocycles. The number of rotatable bonds is 2. The quantitative estimate of drug-likeness (QED) is 0.836. The van der Waals surface area contributed by atoms with Crippen LogP contribution in [0.2, 0.25) is 5.28 Å². The second kappa shape index (κ2) is 6.35. The highest BCUT2D eigenvalue weighted by atomic mass is 35.5. The highest BCUT2D eigenvalue weighted by Crippen LogP contribution is 2.24. The molecule has 2 aliphatic heterocycles. The van der Waals surface area contributed by atoms with Gasteiger partial charge >= 0.3 is 0 Å². The minimum atomic E-state index is 0.307. The maximum atomic E-state index is 6.10. The van der Waals surface area contributed by atoms with Crippen LogP contribution in [0.3, 0.4) is 0 Å². The van der Waals surface area contributed by atoms with Gasteiger partial charge < -0.3 is 9.80 Å². The van der Waals surface area contributed by atoms with Crippen LogP contribution in [-0.2, 0) is 0 Å². The molecule has 1 aromatic heterocycles. The van der Waals surface area contributed by atoms with Crippen molar-refractivity contribution in [3.05, 3.63) is 5.28 Å². The van der Waals surface area contributed by atoms with Gasteiger partial charge in [0.25, 0.3) is 0 Å². The summed E-state index contributed by atoms with van der Waals surface area (Å²) in [4.78, 5) is 17.7. The summed E-state index contributed by atoms with van der Waals surface area (Å²) in [6.45, 7) is 6.24. The van der Waals surface area contributed by atoms with Crippen LogP contribution in [-0.4, -0.2) is 52.1 Å². The van der Waals surface area contributed by atoms with Crippen LogP contribution in [0, 0.1) is 0 Å². The van der Waals surface area contributed by atoms with Crippen molar-refractivity contribution in [2.75, 3.05) is 41.7 Å². The van der Waals surface area contributed by atoms with E-state index in [1.807, 2.05) is 11.8 Å². The lowest BCUT2D eigenvalue weighted by Gasteiger charge is -2.32. The zero-order valence-corrected chi connectivity index (χ0v) is 13.3. The molecular weight excluding hydrogens is 294 g/mol. The smallest absolute Gasteiger partial charge is 0.231 e. The van der Waals surface area contributed by atoms with Crippen molar-refractivity contribution in [3.63, 3.8) is 0 Å². The fourth-order valence-corrected chi connectivity index (χ4v) is 3.87. The van der Waals surface area contributed by atoms with Gasteiger partial charge in [-0.05, 0) is 30.9 Å². The average molecular weight is 314 g/mol. The van der Waals surface area contributed by atoms with Crippen molar-refractivity contribution < 1.29 is 0 Å². The predicted molar refractivity (Wildman–Crippen MR) is 85.0 cm³/mol. The summed E-state index contributed by atoms with van der Waals surface area (Å²) in [5.74, 6) is 2.59. The number of piperidine rings is 1. The molecule has 3 rings (SSSR count). The molecule has 2 aliphatic rings. The number of halogens is 1. The van der Waals surface area contributed by atoms with Crippen LogP contribution in [0.1, 0.15) is 26.2 Å². The second-order valence-corrected chi connectivity index (χ2v) is 7.26. The van der Waals surface area contributed by atoms with Crippen molar-refractivity contribution >= 4 is 35.3 Å². The van der Waals surface area contributed by atoms with Gasteiger partial charge in [0.1, 0.15) is 0 Å². The van der Waals surface area contributed by atoms with Crippen LogP contribution in [0.5, 0.6) is 0 Å². The Hall–Kier alpha value is -0.750. The number of aromatic nitrogens is 3. The van der Waals surface area contributed by atoms with E-state index in [9.17, 15) is 0 Å². The van der Waals surface area contributed by atoms with E-state index < -0.39 is 0 Å². The minimum absolute atomic E-state index is 0.307. The first-order valence-corrected chi connectivity index (χ1v) is 8.68. The molecule has 0 spiro atoms. The number of hydrogen-bond acceptors (Lipinski definition) is 6. The highest BCUT2D eigenvalue weighted by molar-refractivity contribution is 8.00. The van der Waals surface area contributed by atoms with E-state index in [2.05, 4.69) is 31.7 Å².